The summed E-state index contributed by atoms with van der Waals surface area (Å²) in [5.74, 6) is 0.667. The lowest BCUT2D eigenvalue weighted by atomic mass is 9.65. The van der Waals surface area contributed by atoms with Crippen molar-refractivity contribution in [3.63, 3.8) is 0 Å². The molecule has 14 rings (SSSR count). The zero-order valence-corrected chi connectivity index (χ0v) is 35.4. The molecule has 2 aromatic heterocycles. The van der Waals surface area contributed by atoms with Crippen molar-refractivity contribution in [3.8, 4) is 61.8 Å². The molecular weight excluding hydrogens is 798 g/mol. The van der Waals surface area contributed by atoms with Crippen LogP contribution in [0.15, 0.2) is 218 Å². The van der Waals surface area contributed by atoms with Crippen molar-refractivity contribution in [2.75, 3.05) is 0 Å². The first kappa shape index (κ1) is 35.7. The maximum absolute atomic E-state index is 16.8. The highest BCUT2D eigenvalue weighted by Crippen LogP contribution is 2.65. The van der Waals surface area contributed by atoms with Crippen molar-refractivity contribution < 1.29 is 4.57 Å². The second-order valence-corrected chi connectivity index (χ2v) is 19.8. The van der Waals surface area contributed by atoms with Crippen LogP contribution in [0.5, 0.6) is 0 Å². The molecule has 3 aliphatic rings. The summed E-state index contributed by atoms with van der Waals surface area (Å²) in [6.45, 7) is 0. The Labute approximate surface area is 370 Å². The van der Waals surface area contributed by atoms with Crippen molar-refractivity contribution in [1.29, 1.82) is 0 Å². The molecule has 9 aromatic carbocycles. The summed E-state index contributed by atoms with van der Waals surface area (Å²) in [5.41, 5.74) is 16.4. The number of fused-ring (bicyclic) bond motifs is 16. The van der Waals surface area contributed by atoms with Crippen molar-refractivity contribution >= 4 is 44.9 Å². The molecule has 4 heterocycles. The molecule has 1 spiro atoms. The Morgan fingerprint density at radius 3 is 1.91 bits per heavy atom. The van der Waals surface area contributed by atoms with Crippen LogP contribution < -0.4 is 15.9 Å². The van der Waals surface area contributed by atoms with E-state index in [1.165, 1.54) is 38.5 Å². The van der Waals surface area contributed by atoms with E-state index >= 15 is 4.57 Å². The van der Waals surface area contributed by atoms with Crippen molar-refractivity contribution in [2.45, 2.75) is 5.41 Å². The maximum Gasteiger partial charge on any atom is 0.172 e. The van der Waals surface area contributed by atoms with Crippen LogP contribution in [0.1, 0.15) is 22.3 Å². The highest BCUT2D eigenvalue weighted by molar-refractivity contribution is 7.86. The van der Waals surface area contributed by atoms with Crippen LogP contribution in [0.4, 0.5) is 0 Å². The molecule has 0 N–H and O–H groups in total. The second kappa shape index (κ2) is 13.1. The van der Waals surface area contributed by atoms with E-state index in [9.17, 15) is 0 Å². The summed E-state index contributed by atoms with van der Waals surface area (Å²) < 4.78 is 19.3. The Morgan fingerprint density at radius 1 is 0.438 bits per heavy atom. The Bertz CT molecular complexity index is 3760. The van der Waals surface area contributed by atoms with Gasteiger partial charge in [-0.2, -0.15) is 0 Å². The van der Waals surface area contributed by atoms with Crippen LogP contribution in [0.25, 0.3) is 83.6 Å². The van der Waals surface area contributed by atoms with Gasteiger partial charge in [0, 0.05) is 43.4 Å². The predicted octanol–water partition coefficient (Wildman–Crippen LogP) is 12.9. The fraction of sp³-hybridized carbons (Fsp3) is 0.0169. The van der Waals surface area contributed by atoms with Crippen LogP contribution in [0.3, 0.4) is 0 Å². The monoisotopic (exact) mass is 833 g/mol. The molecule has 1 aliphatic carbocycles. The van der Waals surface area contributed by atoms with Crippen molar-refractivity contribution in [2.24, 2.45) is 0 Å². The highest BCUT2D eigenvalue weighted by Gasteiger charge is 2.54. The van der Waals surface area contributed by atoms with Crippen LogP contribution in [0.2, 0.25) is 0 Å². The fourth-order valence-electron chi connectivity index (χ4n) is 11.5. The number of para-hydroxylation sites is 3. The third kappa shape index (κ3) is 4.55. The summed E-state index contributed by atoms with van der Waals surface area (Å²) in [4.78, 5) is 10.5. The zero-order valence-electron chi connectivity index (χ0n) is 34.5. The summed E-state index contributed by atoms with van der Waals surface area (Å²) in [6.07, 6.45) is 0. The van der Waals surface area contributed by atoms with Gasteiger partial charge in [0.05, 0.1) is 33.5 Å². The van der Waals surface area contributed by atoms with Gasteiger partial charge in [0.25, 0.3) is 0 Å². The molecule has 0 amide bonds. The average Bonchev–Trinajstić information content (AvgIpc) is 3.96. The molecule has 0 fully saturated rings. The second-order valence-electron chi connectivity index (χ2n) is 17.1. The molecule has 64 heavy (non-hydrogen) atoms. The lowest BCUT2D eigenvalue weighted by Gasteiger charge is -2.39. The molecule has 11 aromatic rings. The van der Waals surface area contributed by atoms with E-state index in [0.29, 0.717) is 5.82 Å². The van der Waals surface area contributed by atoms with E-state index in [0.717, 1.165) is 77.5 Å². The lowest BCUT2D eigenvalue weighted by Crippen LogP contribution is -2.34. The number of aromatic nitrogens is 3. The number of rotatable bonds is 4. The number of benzene rings is 9. The normalized spacial score (nSPS) is 17.2. The summed E-state index contributed by atoms with van der Waals surface area (Å²) in [7, 11) is -3.41. The fourth-order valence-corrected chi connectivity index (χ4v) is 14.7. The van der Waals surface area contributed by atoms with Gasteiger partial charge in [0.15, 0.2) is 13.0 Å². The number of nitrogens with zero attached hydrogens (tertiary/aromatic N) is 3. The van der Waals surface area contributed by atoms with Crippen LogP contribution in [0, 0.1) is 0 Å². The first-order chi connectivity index (χ1) is 31.6. The van der Waals surface area contributed by atoms with Gasteiger partial charge < -0.3 is 9.13 Å². The van der Waals surface area contributed by atoms with Gasteiger partial charge in [-0.05, 0) is 68.8 Å². The van der Waals surface area contributed by atoms with Gasteiger partial charge >= 0.3 is 0 Å². The molecule has 4 nitrogen and oxygen atoms in total. The van der Waals surface area contributed by atoms with E-state index in [1.54, 1.807) is 0 Å². The third-order valence-corrected chi connectivity index (χ3v) is 17.2. The Morgan fingerprint density at radius 2 is 1.08 bits per heavy atom. The van der Waals surface area contributed by atoms with Gasteiger partial charge in [-0.1, -0.05) is 194 Å². The topological polar surface area (TPSA) is 47.8 Å². The van der Waals surface area contributed by atoms with Gasteiger partial charge in [0.1, 0.15) is 0 Å². The Balaban J connectivity index is 1.13. The molecule has 0 saturated carbocycles. The molecule has 1 unspecified atom stereocenters. The molecule has 0 radical (unpaired) electrons. The Hall–Kier alpha value is -7.91. The van der Waals surface area contributed by atoms with Gasteiger partial charge in [-0.15, -0.1) is 0 Å². The minimum atomic E-state index is -3.41. The summed E-state index contributed by atoms with van der Waals surface area (Å²) in [5, 5.41) is 5.10. The Kier molecular flexibility index (Phi) is 7.28. The van der Waals surface area contributed by atoms with Crippen LogP contribution in [-0.4, -0.2) is 14.5 Å². The molecular formula is C59H36N3OP. The van der Waals surface area contributed by atoms with Crippen molar-refractivity contribution in [3.05, 3.63) is 241 Å². The molecule has 2 atom stereocenters. The van der Waals surface area contributed by atoms with Gasteiger partial charge in [-0.25, -0.2) is 9.97 Å². The average molecular weight is 834 g/mol. The quantitative estimate of drug-likeness (QED) is 0.166. The molecule has 0 bridgehead atoms. The number of hydrogen-bond donors (Lipinski definition) is 0. The highest BCUT2D eigenvalue weighted by atomic mass is 31.2. The minimum Gasteiger partial charge on any atom is -0.309 e. The number of hydrogen-bond acceptors (Lipinski definition) is 3. The molecule has 298 valence electrons. The first-order valence-electron chi connectivity index (χ1n) is 21.9. The van der Waals surface area contributed by atoms with Gasteiger partial charge in [-0.3, -0.25) is 0 Å². The molecule has 5 heteroatoms. The minimum absolute atomic E-state index is 0.667. The standard InChI is InChI=1S/C59H36N3OP/c63-64(40-21-8-3-9-22-40)54-30-15-11-24-42(54)44-32-34-48-55(57(44)64)45-35-39(51-36-50(37-17-4-1-5-18-37)60-58(61-51)38-19-6-2-7-20-38)31-33-46(45)59(48)47-26-12-14-29-53(47)62-52-28-13-10-23-41(52)43-25-16-27-49(59)56(43)62/h1-36H/t59?,64-/m0/s1. The maximum atomic E-state index is 16.8. The summed E-state index contributed by atoms with van der Waals surface area (Å²) >= 11 is 0. The SMILES string of the molecule is O=[P@@]1(c2ccccc2)c2ccccc2-c2ccc3c(c21)-c1cc(-c2cc(-c4ccccc4)nc(-c4ccccc4)n2)ccc1C31c2ccccc2-n2c3ccccc3c3cccc1c32. The van der Waals surface area contributed by atoms with Crippen molar-refractivity contribution in [1.82, 2.24) is 14.5 Å². The largest absolute Gasteiger partial charge is 0.309 e. The predicted molar refractivity (Wildman–Crippen MR) is 262 cm³/mol. The lowest BCUT2D eigenvalue weighted by molar-refractivity contribution is 0.593. The summed E-state index contributed by atoms with van der Waals surface area (Å²) in [6, 6.07) is 77.3. The third-order valence-electron chi connectivity index (χ3n) is 14.0. The van der Waals surface area contributed by atoms with E-state index in [-0.39, 0.29) is 0 Å². The van der Waals surface area contributed by atoms with E-state index < -0.39 is 12.6 Å². The van der Waals surface area contributed by atoms with Crippen LogP contribution >= 0.6 is 7.14 Å². The van der Waals surface area contributed by atoms with E-state index in [2.05, 4.69) is 174 Å². The van der Waals surface area contributed by atoms with Crippen LogP contribution in [-0.2, 0) is 9.98 Å². The van der Waals surface area contributed by atoms with E-state index in [4.69, 9.17) is 9.97 Å². The smallest absolute Gasteiger partial charge is 0.172 e. The molecule has 0 saturated heterocycles. The molecule has 2 aliphatic heterocycles. The zero-order chi connectivity index (χ0) is 42.1. The van der Waals surface area contributed by atoms with Gasteiger partial charge in [0.2, 0.25) is 0 Å². The first-order valence-corrected chi connectivity index (χ1v) is 23.6. The van der Waals surface area contributed by atoms with E-state index in [1.807, 2.05) is 48.5 Å².